The van der Waals surface area contributed by atoms with Crippen LogP contribution in [0.2, 0.25) is 0 Å². The zero-order chi connectivity index (χ0) is 27.3. The SMILES string of the molecule is COc1cc(=O)c2c(=O)c3c(c(=O)c=2c1=O)=C(O)C1(CCc2cc4cc(C=NO)[nH]c(=O)c4c(O)c21)C=3O. The van der Waals surface area contributed by atoms with Crippen LogP contribution in [0.1, 0.15) is 23.2 Å². The molecule has 12 heteroatoms. The highest BCUT2D eigenvalue weighted by Crippen LogP contribution is 2.54. The summed E-state index contributed by atoms with van der Waals surface area (Å²) in [5, 5.41) is 43.0. The highest BCUT2D eigenvalue weighted by atomic mass is 16.5. The van der Waals surface area contributed by atoms with Crippen LogP contribution in [0.5, 0.6) is 11.5 Å². The summed E-state index contributed by atoms with van der Waals surface area (Å²) >= 11 is 0. The molecule has 38 heavy (non-hydrogen) atoms. The van der Waals surface area contributed by atoms with E-state index in [4.69, 9.17) is 9.94 Å². The number of ether oxygens (including phenoxy) is 1. The summed E-state index contributed by atoms with van der Waals surface area (Å²) in [6.07, 6.45) is 1.03. The maximum absolute atomic E-state index is 13.5. The molecule has 1 aromatic carbocycles. The number of aliphatic hydroxyl groups excluding tert-OH is 2. The molecule has 2 aromatic rings. The molecule has 0 bridgehead atoms. The Bertz CT molecular complexity index is 2280. The number of methoxy groups -OCH3 is 1. The minimum Gasteiger partial charge on any atom is -0.510 e. The molecule has 0 aliphatic heterocycles. The van der Waals surface area contributed by atoms with E-state index in [0.717, 1.165) is 19.4 Å². The van der Waals surface area contributed by atoms with Crippen LogP contribution in [0.15, 0.2) is 47.3 Å². The molecule has 0 amide bonds. The van der Waals surface area contributed by atoms with Gasteiger partial charge in [0.25, 0.3) is 5.56 Å². The van der Waals surface area contributed by atoms with Crippen molar-refractivity contribution in [1.82, 2.24) is 4.98 Å². The molecule has 1 atom stereocenters. The number of nitrogens with one attached hydrogen (secondary N) is 1. The van der Waals surface area contributed by atoms with Gasteiger partial charge in [-0.2, -0.15) is 0 Å². The van der Waals surface area contributed by atoms with Gasteiger partial charge in [0.1, 0.15) is 22.7 Å². The van der Waals surface area contributed by atoms with Crippen LogP contribution < -0.4 is 42.4 Å². The van der Waals surface area contributed by atoms with E-state index in [1.54, 1.807) is 0 Å². The second-order valence-electron chi connectivity index (χ2n) is 9.19. The minimum absolute atomic E-state index is 0.0876. The van der Waals surface area contributed by atoms with E-state index < -0.39 is 76.6 Å². The van der Waals surface area contributed by atoms with Gasteiger partial charge in [-0.05, 0) is 29.9 Å². The van der Waals surface area contributed by atoms with Crippen molar-refractivity contribution in [2.45, 2.75) is 18.3 Å². The van der Waals surface area contributed by atoms with Gasteiger partial charge in [-0.25, -0.2) is 0 Å². The van der Waals surface area contributed by atoms with Crippen LogP contribution in [0, 0.1) is 10.4 Å². The van der Waals surface area contributed by atoms with Crippen molar-refractivity contribution in [1.29, 1.82) is 0 Å². The molecule has 12 nitrogen and oxygen atoms in total. The lowest BCUT2D eigenvalue weighted by Crippen LogP contribution is -2.51. The summed E-state index contributed by atoms with van der Waals surface area (Å²) in [7, 11) is 1.11. The number of phenols is 1. The van der Waals surface area contributed by atoms with Crippen LogP contribution in [0.25, 0.3) is 22.3 Å². The molecular weight excluding hydrogens is 500 g/mol. The van der Waals surface area contributed by atoms with Crippen LogP contribution in [0.3, 0.4) is 0 Å². The molecule has 190 valence electrons. The first-order valence-corrected chi connectivity index (χ1v) is 11.2. The molecule has 5 N–H and O–H groups in total. The number of fused-ring (bicyclic) bond motifs is 4. The number of aromatic amines is 1. The fourth-order valence-electron chi connectivity index (χ4n) is 5.90. The summed E-state index contributed by atoms with van der Waals surface area (Å²) in [4.78, 5) is 67.6. The maximum Gasteiger partial charge on any atom is 0.260 e. The Morgan fingerprint density at radius 3 is 2.21 bits per heavy atom. The van der Waals surface area contributed by atoms with Crippen LogP contribution in [0.4, 0.5) is 0 Å². The number of rotatable bonds is 2. The van der Waals surface area contributed by atoms with Crippen molar-refractivity contribution in [3.8, 4) is 11.5 Å². The average Bonchev–Trinajstić information content (AvgIpc) is 3.36. The largest absolute Gasteiger partial charge is 0.510 e. The molecule has 0 saturated carbocycles. The maximum atomic E-state index is 13.5. The molecule has 4 aliphatic rings. The van der Waals surface area contributed by atoms with Gasteiger partial charge in [0.05, 0.1) is 45.3 Å². The molecule has 0 fully saturated rings. The monoisotopic (exact) mass is 516 g/mol. The molecule has 0 radical (unpaired) electrons. The van der Waals surface area contributed by atoms with Crippen molar-refractivity contribution in [3.05, 3.63) is 107 Å². The zero-order valence-corrected chi connectivity index (χ0v) is 19.4. The normalized spacial score (nSPS) is 18.2. The van der Waals surface area contributed by atoms with E-state index in [-0.39, 0.29) is 34.9 Å². The number of aryl methyl sites for hydroxylation is 1. The lowest BCUT2D eigenvalue weighted by atomic mass is 9.78. The fraction of sp³-hybridized carbons (Fsp3) is 0.154. The summed E-state index contributed by atoms with van der Waals surface area (Å²) in [6, 6.07) is 3.75. The van der Waals surface area contributed by atoms with E-state index >= 15 is 0 Å². The summed E-state index contributed by atoms with van der Waals surface area (Å²) in [5.41, 5.74) is -6.54. The second kappa shape index (κ2) is 7.38. The Morgan fingerprint density at radius 1 is 0.921 bits per heavy atom. The Hall–Kier alpha value is -5.26. The number of aliphatic hydroxyl groups is 2. The van der Waals surface area contributed by atoms with Crippen LogP contribution in [-0.4, -0.2) is 38.8 Å². The number of nitrogens with zero attached hydrogens (tertiary/aromatic N) is 1. The van der Waals surface area contributed by atoms with Gasteiger partial charge in [-0.15, -0.1) is 0 Å². The van der Waals surface area contributed by atoms with Crippen molar-refractivity contribution >= 4 is 28.5 Å². The van der Waals surface area contributed by atoms with Gasteiger partial charge in [0.2, 0.25) is 16.3 Å². The summed E-state index contributed by atoms with van der Waals surface area (Å²) < 4.78 is 4.86. The zero-order valence-electron chi connectivity index (χ0n) is 19.4. The highest BCUT2D eigenvalue weighted by molar-refractivity contribution is 5.96. The average molecular weight is 516 g/mol. The summed E-state index contributed by atoms with van der Waals surface area (Å²) in [6.45, 7) is 0. The number of pyridine rings is 1. The Morgan fingerprint density at radius 2 is 1.58 bits per heavy atom. The lowest BCUT2D eigenvalue weighted by Gasteiger charge is -2.27. The lowest BCUT2D eigenvalue weighted by molar-refractivity contribution is 0.321. The second-order valence-corrected chi connectivity index (χ2v) is 9.19. The third-order valence-corrected chi connectivity index (χ3v) is 7.47. The molecular formula is C26H16N2O10. The Labute approximate surface area is 208 Å². The predicted molar refractivity (Wildman–Crippen MR) is 133 cm³/mol. The van der Waals surface area contributed by atoms with E-state index in [2.05, 4.69) is 10.1 Å². The van der Waals surface area contributed by atoms with Gasteiger partial charge in [-0.3, -0.25) is 24.0 Å². The van der Waals surface area contributed by atoms with Crippen LogP contribution in [-0.2, 0) is 11.8 Å². The quantitative estimate of drug-likeness (QED) is 0.116. The van der Waals surface area contributed by atoms with E-state index in [1.165, 1.54) is 12.1 Å². The number of benzene rings is 1. The number of oxime groups is 1. The topological polar surface area (TPSA) is 204 Å². The first kappa shape index (κ1) is 23.2. The Kier molecular flexibility index (Phi) is 4.50. The number of H-pyrrole nitrogens is 1. The molecule has 4 aliphatic carbocycles. The van der Waals surface area contributed by atoms with Crippen molar-refractivity contribution in [2.75, 3.05) is 7.11 Å². The Balaban J connectivity index is 1.81. The van der Waals surface area contributed by atoms with Gasteiger partial charge in [0, 0.05) is 11.6 Å². The molecule has 0 saturated heterocycles. The standard InChI is InChI=1S/C26H16N2O10/c1-38-12-6-11(29)14-15(19(12)30)21(32)17-16(20(14)31)23(34)26(24(17)35)3-2-8-4-9-5-10(7-27-37)28-25(36)13(9)22(33)18(8)26/h4-7,33-35,37H,2-3H2,1H3,(H,28,36). The molecule has 6 rings (SSSR count). The van der Waals surface area contributed by atoms with Gasteiger partial charge in [-0.1, -0.05) is 11.2 Å². The molecule has 1 heterocycles. The first-order chi connectivity index (χ1) is 18.1. The first-order valence-electron chi connectivity index (χ1n) is 11.2. The van der Waals surface area contributed by atoms with Crippen molar-refractivity contribution < 1.29 is 25.3 Å². The number of aromatic hydroxyl groups is 1. The number of hydrogen-bond donors (Lipinski definition) is 5. The van der Waals surface area contributed by atoms with Crippen molar-refractivity contribution in [3.63, 3.8) is 0 Å². The third-order valence-electron chi connectivity index (χ3n) is 7.47. The van der Waals surface area contributed by atoms with Crippen LogP contribution >= 0.6 is 0 Å². The van der Waals surface area contributed by atoms with Gasteiger partial charge < -0.3 is 30.2 Å². The smallest absolute Gasteiger partial charge is 0.260 e. The molecule has 1 unspecified atom stereocenters. The fourth-order valence-corrected chi connectivity index (χ4v) is 5.90. The minimum atomic E-state index is -1.97. The van der Waals surface area contributed by atoms with Crippen molar-refractivity contribution in [2.24, 2.45) is 5.16 Å². The van der Waals surface area contributed by atoms with E-state index in [0.29, 0.717) is 5.56 Å². The number of phenolic OH excluding ortho intramolecular Hbond substituents is 1. The molecule has 1 spiro atoms. The summed E-state index contributed by atoms with van der Waals surface area (Å²) in [5.74, 6) is -2.61. The van der Waals surface area contributed by atoms with E-state index in [9.17, 15) is 39.3 Å². The number of aromatic nitrogens is 1. The van der Waals surface area contributed by atoms with E-state index in [1.807, 2.05) is 0 Å². The third kappa shape index (κ3) is 2.53. The van der Waals surface area contributed by atoms with Gasteiger partial charge in [0.15, 0.2) is 11.2 Å². The van der Waals surface area contributed by atoms with Gasteiger partial charge >= 0.3 is 0 Å². The molecule has 1 aromatic heterocycles. The number of hydrogen-bond acceptors (Lipinski definition) is 11. The highest BCUT2D eigenvalue weighted by Gasteiger charge is 2.53. The predicted octanol–water partition coefficient (Wildman–Crippen LogP) is -1.68.